The first-order valence-electron chi connectivity index (χ1n) is 7.28. The van der Waals surface area contributed by atoms with Crippen LogP contribution in [-0.4, -0.2) is 18.4 Å². The summed E-state index contributed by atoms with van der Waals surface area (Å²) >= 11 is 0. The molecule has 0 aliphatic heterocycles. The monoisotopic (exact) mass is 300 g/mol. The van der Waals surface area contributed by atoms with Crippen molar-refractivity contribution in [1.29, 1.82) is 0 Å². The number of benzene rings is 1. The molecule has 0 heterocycles. The molecule has 0 aliphatic rings. The van der Waals surface area contributed by atoms with E-state index in [4.69, 9.17) is 0 Å². The minimum atomic E-state index is -1.22. The van der Waals surface area contributed by atoms with Gasteiger partial charge in [-0.2, -0.15) is 0 Å². The first-order chi connectivity index (χ1) is 10.5. The molecule has 0 spiro atoms. The number of carboxylic acids is 1. The van der Waals surface area contributed by atoms with Crippen LogP contribution >= 0.6 is 0 Å². The average molecular weight is 300 g/mol. The Bertz CT molecular complexity index is 512. The van der Waals surface area contributed by atoms with E-state index in [2.05, 4.69) is 18.5 Å². The van der Waals surface area contributed by atoms with Crippen LogP contribution in [0.3, 0.4) is 0 Å². The minimum Gasteiger partial charge on any atom is -0.550 e. The molecule has 1 N–H and O–H groups in total. The van der Waals surface area contributed by atoms with Crippen LogP contribution in [0.25, 0.3) is 0 Å². The summed E-state index contributed by atoms with van der Waals surface area (Å²) in [6.07, 6.45) is 4.67. The van der Waals surface area contributed by atoms with E-state index in [9.17, 15) is 14.7 Å². The molecule has 4 heteroatoms. The molecule has 0 aromatic heterocycles. The average Bonchev–Trinajstić information content (AvgIpc) is 2.52. The van der Waals surface area contributed by atoms with Crippen molar-refractivity contribution in [2.75, 3.05) is 6.54 Å². The summed E-state index contributed by atoms with van der Waals surface area (Å²) in [5.41, 5.74) is 0.775. The maximum Gasteiger partial charge on any atom is 0.220 e. The summed E-state index contributed by atoms with van der Waals surface area (Å²) in [5.74, 6) is -1.51. The van der Waals surface area contributed by atoms with Gasteiger partial charge in [-0.3, -0.25) is 4.79 Å². The standard InChI is InChI=1S/C18H23NO3/c1-3-12-18(13-4-2,15-8-6-5-7-9-15)14-19-16(20)10-11-17(21)22/h3-9H,1-2,10-14H2,(H,19,20)(H,21,22)/p-1. The van der Waals surface area contributed by atoms with Crippen molar-refractivity contribution in [3.63, 3.8) is 0 Å². The molecule has 0 bridgehead atoms. The molecule has 0 saturated heterocycles. The molecule has 0 unspecified atom stereocenters. The van der Waals surface area contributed by atoms with Crippen LogP contribution < -0.4 is 10.4 Å². The second kappa shape index (κ2) is 8.82. The van der Waals surface area contributed by atoms with Crippen LogP contribution in [0.2, 0.25) is 0 Å². The molecule has 1 aromatic carbocycles. The zero-order valence-corrected chi connectivity index (χ0v) is 12.7. The Morgan fingerprint density at radius 1 is 1.09 bits per heavy atom. The third kappa shape index (κ3) is 5.20. The van der Waals surface area contributed by atoms with E-state index in [0.717, 1.165) is 5.56 Å². The van der Waals surface area contributed by atoms with Crippen molar-refractivity contribution in [3.05, 3.63) is 61.2 Å². The third-order valence-electron chi connectivity index (χ3n) is 3.64. The molecule has 0 radical (unpaired) electrons. The summed E-state index contributed by atoms with van der Waals surface area (Å²) < 4.78 is 0. The van der Waals surface area contributed by atoms with Crippen LogP contribution in [0.15, 0.2) is 55.6 Å². The minimum absolute atomic E-state index is 0.0740. The maximum atomic E-state index is 11.8. The summed E-state index contributed by atoms with van der Waals surface area (Å²) in [7, 11) is 0. The van der Waals surface area contributed by atoms with Gasteiger partial charge in [0.1, 0.15) is 0 Å². The number of carbonyl (C=O) groups excluding carboxylic acids is 2. The van der Waals surface area contributed by atoms with E-state index in [0.29, 0.717) is 19.4 Å². The van der Waals surface area contributed by atoms with Crippen LogP contribution in [0.4, 0.5) is 0 Å². The Labute approximate surface area is 131 Å². The molecule has 0 atom stereocenters. The predicted octanol–water partition coefficient (Wildman–Crippen LogP) is 1.72. The van der Waals surface area contributed by atoms with Gasteiger partial charge in [0.25, 0.3) is 0 Å². The third-order valence-corrected chi connectivity index (χ3v) is 3.64. The molecule has 0 saturated carbocycles. The van der Waals surface area contributed by atoms with Gasteiger partial charge in [0, 0.05) is 24.3 Å². The fraction of sp³-hybridized carbons (Fsp3) is 0.333. The van der Waals surface area contributed by atoms with Crippen molar-refractivity contribution >= 4 is 11.9 Å². The van der Waals surface area contributed by atoms with E-state index >= 15 is 0 Å². The van der Waals surface area contributed by atoms with Crippen molar-refractivity contribution < 1.29 is 14.7 Å². The van der Waals surface area contributed by atoms with Crippen molar-refractivity contribution in [3.8, 4) is 0 Å². The molecule has 1 amide bonds. The number of amides is 1. The lowest BCUT2D eigenvalue weighted by atomic mass is 9.74. The van der Waals surface area contributed by atoms with Gasteiger partial charge < -0.3 is 15.2 Å². The number of nitrogens with one attached hydrogen (secondary N) is 1. The Hall–Kier alpha value is -2.36. The normalized spacial score (nSPS) is 10.7. The zero-order valence-electron chi connectivity index (χ0n) is 12.7. The molecule has 1 rings (SSSR count). The fourth-order valence-corrected chi connectivity index (χ4v) is 2.48. The molecule has 1 aromatic rings. The van der Waals surface area contributed by atoms with Gasteiger partial charge in [0.15, 0.2) is 0 Å². The highest BCUT2D eigenvalue weighted by molar-refractivity contribution is 5.80. The molecular formula is C18H22NO3-. The first-order valence-corrected chi connectivity index (χ1v) is 7.28. The van der Waals surface area contributed by atoms with E-state index in [1.807, 2.05) is 42.5 Å². The SMILES string of the molecule is C=CCC(CC=C)(CNC(=O)CCC(=O)[O-])c1ccccc1. The molecule has 22 heavy (non-hydrogen) atoms. The van der Waals surface area contributed by atoms with E-state index < -0.39 is 5.97 Å². The summed E-state index contributed by atoms with van der Waals surface area (Å²) in [6, 6.07) is 9.87. The predicted molar refractivity (Wildman–Crippen MR) is 85.0 cm³/mol. The van der Waals surface area contributed by atoms with Crippen LogP contribution in [0.5, 0.6) is 0 Å². The van der Waals surface area contributed by atoms with E-state index in [1.165, 1.54) is 0 Å². The van der Waals surface area contributed by atoms with Gasteiger partial charge >= 0.3 is 0 Å². The number of carboxylic acid groups (broad SMARTS) is 1. The molecular weight excluding hydrogens is 278 g/mol. The van der Waals surface area contributed by atoms with E-state index in [1.54, 1.807) is 0 Å². The van der Waals surface area contributed by atoms with Crippen LogP contribution in [-0.2, 0) is 15.0 Å². The second-order valence-corrected chi connectivity index (χ2v) is 5.28. The summed E-state index contributed by atoms with van der Waals surface area (Å²) in [5, 5.41) is 13.2. The lowest BCUT2D eigenvalue weighted by molar-refractivity contribution is -0.305. The summed E-state index contributed by atoms with van der Waals surface area (Å²) in [6.45, 7) is 8.02. The van der Waals surface area contributed by atoms with Gasteiger partial charge in [0.05, 0.1) is 0 Å². The number of aliphatic carboxylic acids is 1. The highest BCUT2D eigenvalue weighted by atomic mass is 16.4. The van der Waals surface area contributed by atoms with Gasteiger partial charge in [-0.05, 0) is 24.8 Å². The van der Waals surface area contributed by atoms with Gasteiger partial charge in [0.2, 0.25) is 5.91 Å². The van der Waals surface area contributed by atoms with Crippen LogP contribution in [0, 0.1) is 0 Å². The zero-order chi connectivity index (χ0) is 16.4. The lowest BCUT2D eigenvalue weighted by Gasteiger charge is -2.33. The number of hydrogen-bond acceptors (Lipinski definition) is 3. The van der Waals surface area contributed by atoms with Gasteiger partial charge in [-0.25, -0.2) is 0 Å². The molecule has 0 fully saturated rings. The van der Waals surface area contributed by atoms with Gasteiger partial charge in [-0.1, -0.05) is 42.5 Å². The highest BCUT2D eigenvalue weighted by Crippen LogP contribution is 2.32. The van der Waals surface area contributed by atoms with Crippen molar-refractivity contribution in [2.24, 2.45) is 0 Å². The second-order valence-electron chi connectivity index (χ2n) is 5.28. The Morgan fingerprint density at radius 3 is 2.18 bits per heavy atom. The molecule has 118 valence electrons. The smallest absolute Gasteiger partial charge is 0.220 e. The number of hydrogen-bond donors (Lipinski definition) is 1. The first kappa shape index (κ1) is 17.7. The summed E-state index contributed by atoms with van der Waals surface area (Å²) in [4.78, 5) is 22.2. The molecule has 4 nitrogen and oxygen atoms in total. The quantitative estimate of drug-likeness (QED) is 0.669. The Kier molecular flexibility index (Phi) is 7.09. The van der Waals surface area contributed by atoms with Crippen molar-refractivity contribution in [1.82, 2.24) is 5.32 Å². The van der Waals surface area contributed by atoms with Gasteiger partial charge in [-0.15, -0.1) is 13.2 Å². The number of carbonyl (C=O) groups is 2. The number of allylic oxidation sites excluding steroid dienone is 2. The van der Waals surface area contributed by atoms with Crippen LogP contribution in [0.1, 0.15) is 31.2 Å². The topological polar surface area (TPSA) is 69.2 Å². The lowest BCUT2D eigenvalue weighted by Crippen LogP contribution is -2.40. The van der Waals surface area contributed by atoms with E-state index in [-0.39, 0.29) is 24.2 Å². The Balaban J connectivity index is 2.86. The number of rotatable bonds is 10. The molecule has 0 aliphatic carbocycles. The van der Waals surface area contributed by atoms with Crippen molar-refractivity contribution in [2.45, 2.75) is 31.1 Å². The maximum absolute atomic E-state index is 11.8. The largest absolute Gasteiger partial charge is 0.550 e. The fourth-order valence-electron chi connectivity index (χ4n) is 2.48. The highest BCUT2D eigenvalue weighted by Gasteiger charge is 2.30. The Morgan fingerprint density at radius 2 is 1.68 bits per heavy atom.